The van der Waals surface area contributed by atoms with Crippen LogP contribution < -0.4 is 15.4 Å². The number of hydrogen-bond acceptors (Lipinski definition) is 6. The van der Waals surface area contributed by atoms with Gasteiger partial charge in [0.2, 0.25) is 15.9 Å². The standard InChI is InChI=1S/C26H29N3O5S/c1-20-7-8-23(17-25(20)35(31,32)29-13-15-33-16-14-29)27-18-26(30)28-22-9-11-24(12-10-22)34-19-21-5-3-2-4-6-21/h2-12,17,27H,13-16,18-19H2,1H3,(H,28,30). The molecule has 184 valence electrons. The molecule has 1 heterocycles. The zero-order valence-electron chi connectivity index (χ0n) is 19.6. The summed E-state index contributed by atoms with van der Waals surface area (Å²) >= 11 is 0. The van der Waals surface area contributed by atoms with Crippen molar-refractivity contribution in [2.75, 3.05) is 43.5 Å². The number of hydrogen-bond donors (Lipinski definition) is 2. The first-order chi connectivity index (χ1) is 16.9. The summed E-state index contributed by atoms with van der Waals surface area (Å²) in [5, 5.41) is 5.84. The summed E-state index contributed by atoms with van der Waals surface area (Å²) in [5.41, 5.74) is 2.93. The number of amides is 1. The highest BCUT2D eigenvalue weighted by Gasteiger charge is 2.28. The van der Waals surface area contributed by atoms with Crippen molar-refractivity contribution < 1.29 is 22.7 Å². The van der Waals surface area contributed by atoms with Crippen molar-refractivity contribution in [3.63, 3.8) is 0 Å². The van der Waals surface area contributed by atoms with Gasteiger partial charge in [-0.1, -0.05) is 36.4 Å². The van der Waals surface area contributed by atoms with Crippen LogP contribution >= 0.6 is 0 Å². The van der Waals surface area contributed by atoms with E-state index in [1.54, 1.807) is 49.4 Å². The molecule has 0 aromatic heterocycles. The zero-order valence-corrected chi connectivity index (χ0v) is 20.4. The number of rotatable bonds is 9. The largest absolute Gasteiger partial charge is 0.489 e. The molecule has 4 rings (SSSR count). The fourth-order valence-corrected chi connectivity index (χ4v) is 5.34. The van der Waals surface area contributed by atoms with Crippen molar-refractivity contribution in [3.8, 4) is 5.75 Å². The Labute approximate surface area is 205 Å². The molecule has 1 saturated heterocycles. The molecule has 2 N–H and O–H groups in total. The summed E-state index contributed by atoms with van der Waals surface area (Å²) in [6, 6.07) is 22.1. The van der Waals surface area contributed by atoms with Crippen LogP contribution in [0, 0.1) is 6.92 Å². The van der Waals surface area contributed by atoms with Crippen molar-refractivity contribution in [1.29, 1.82) is 0 Å². The van der Waals surface area contributed by atoms with Gasteiger partial charge in [-0.3, -0.25) is 4.79 Å². The number of morpholine rings is 1. The second-order valence-electron chi connectivity index (χ2n) is 8.20. The summed E-state index contributed by atoms with van der Waals surface area (Å²) in [6.07, 6.45) is 0. The number of ether oxygens (including phenoxy) is 2. The van der Waals surface area contributed by atoms with Crippen molar-refractivity contribution >= 4 is 27.3 Å². The molecule has 3 aromatic carbocycles. The summed E-state index contributed by atoms with van der Waals surface area (Å²) in [5.74, 6) is 0.458. The third-order valence-corrected chi connectivity index (χ3v) is 7.66. The van der Waals surface area contributed by atoms with Crippen molar-refractivity contribution in [3.05, 3.63) is 83.9 Å². The average Bonchev–Trinajstić information content (AvgIpc) is 2.89. The van der Waals surface area contributed by atoms with Crippen LogP contribution in [0.1, 0.15) is 11.1 Å². The van der Waals surface area contributed by atoms with Gasteiger partial charge in [0.05, 0.1) is 24.7 Å². The van der Waals surface area contributed by atoms with E-state index in [4.69, 9.17) is 9.47 Å². The van der Waals surface area contributed by atoms with Gasteiger partial charge in [-0.2, -0.15) is 4.31 Å². The molecule has 0 bridgehead atoms. The highest BCUT2D eigenvalue weighted by molar-refractivity contribution is 7.89. The van der Waals surface area contributed by atoms with Gasteiger partial charge in [-0.05, 0) is 54.4 Å². The van der Waals surface area contributed by atoms with E-state index in [1.807, 2.05) is 30.3 Å². The van der Waals surface area contributed by atoms with E-state index in [1.165, 1.54) is 4.31 Å². The number of carbonyl (C=O) groups is 1. The van der Waals surface area contributed by atoms with E-state index in [9.17, 15) is 13.2 Å². The lowest BCUT2D eigenvalue weighted by Gasteiger charge is -2.27. The topological polar surface area (TPSA) is 97.0 Å². The number of nitrogens with zero attached hydrogens (tertiary/aromatic N) is 1. The number of anilines is 2. The minimum Gasteiger partial charge on any atom is -0.489 e. The molecule has 1 aliphatic rings. The first kappa shape index (κ1) is 24.7. The fourth-order valence-electron chi connectivity index (χ4n) is 3.68. The molecule has 35 heavy (non-hydrogen) atoms. The highest BCUT2D eigenvalue weighted by Crippen LogP contribution is 2.24. The minimum absolute atomic E-state index is 0.00758. The van der Waals surface area contributed by atoms with Crippen LogP contribution in [-0.4, -0.2) is 51.5 Å². The van der Waals surface area contributed by atoms with Crippen LogP contribution in [0.25, 0.3) is 0 Å². The first-order valence-corrected chi connectivity index (χ1v) is 12.8. The van der Waals surface area contributed by atoms with E-state index < -0.39 is 10.0 Å². The van der Waals surface area contributed by atoms with Gasteiger partial charge in [0.25, 0.3) is 0 Å². The Kier molecular flexibility index (Phi) is 8.02. The summed E-state index contributed by atoms with van der Waals surface area (Å²) in [7, 11) is -3.63. The molecule has 0 spiro atoms. The zero-order chi connectivity index (χ0) is 24.7. The Morgan fingerprint density at radius 3 is 2.37 bits per heavy atom. The predicted octanol–water partition coefficient (Wildman–Crippen LogP) is 3.65. The molecule has 0 unspecified atom stereocenters. The van der Waals surface area contributed by atoms with Gasteiger partial charge < -0.3 is 20.1 Å². The fraction of sp³-hybridized carbons (Fsp3) is 0.269. The van der Waals surface area contributed by atoms with Crippen LogP contribution in [0.4, 0.5) is 11.4 Å². The summed E-state index contributed by atoms with van der Waals surface area (Å²) in [4.78, 5) is 12.7. The second-order valence-corrected chi connectivity index (χ2v) is 10.1. The van der Waals surface area contributed by atoms with E-state index in [0.29, 0.717) is 55.6 Å². The molecule has 8 nitrogen and oxygen atoms in total. The maximum Gasteiger partial charge on any atom is 0.243 e. The maximum absolute atomic E-state index is 13.0. The molecular weight excluding hydrogens is 466 g/mol. The normalized spacial score (nSPS) is 14.3. The van der Waals surface area contributed by atoms with Gasteiger partial charge in [0, 0.05) is 24.5 Å². The van der Waals surface area contributed by atoms with Crippen LogP contribution in [-0.2, 0) is 26.2 Å². The average molecular weight is 496 g/mol. The molecule has 1 aliphatic heterocycles. The van der Waals surface area contributed by atoms with E-state index in [-0.39, 0.29) is 17.3 Å². The van der Waals surface area contributed by atoms with E-state index in [0.717, 1.165) is 5.56 Å². The Hall–Kier alpha value is -3.40. The number of sulfonamides is 1. The molecule has 0 saturated carbocycles. The molecule has 3 aromatic rings. The number of benzene rings is 3. The first-order valence-electron chi connectivity index (χ1n) is 11.4. The van der Waals surface area contributed by atoms with Crippen molar-refractivity contribution in [2.45, 2.75) is 18.4 Å². The van der Waals surface area contributed by atoms with Crippen LogP contribution in [0.2, 0.25) is 0 Å². The summed E-state index contributed by atoms with van der Waals surface area (Å²) < 4.78 is 38.6. The Morgan fingerprint density at radius 1 is 0.971 bits per heavy atom. The molecule has 1 amide bonds. The molecular formula is C26H29N3O5S. The Bertz CT molecular complexity index is 1240. The Balaban J connectivity index is 1.31. The van der Waals surface area contributed by atoms with Gasteiger partial charge >= 0.3 is 0 Å². The van der Waals surface area contributed by atoms with Crippen LogP contribution in [0.5, 0.6) is 5.75 Å². The SMILES string of the molecule is Cc1ccc(NCC(=O)Nc2ccc(OCc3ccccc3)cc2)cc1S(=O)(=O)N1CCOCC1. The van der Waals surface area contributed by atoms with Crippen molar-refractivity contribution in [2.24, 2.45) is 0 Å². The monoisotopic (exact) mass is 495 g/mol. The molecule has 1 fully saturated rings. The summed E-state index contributed by atoms with van der Waals surface area (Å²) in [6.45, 7) is 3.66. The lowest BCUT2D eigenvalue weighted by atomic mass is 10.2. The van der Waals surface area contributed by atoms with E-state index >= 15 is 0 Å². The van der Waals surface area contributed by atoms with E-state index in [2.05, 4.69) is 10.6 Å². The predicted molar refractivity (Wildman–Crippen MR) is 135 cm³/mol. The van der Waals surface area contributed by atoms with Crippen molar-refractivity contribution in [1.82, 2.24) is 4.31 Å². The molecule has 9 heteroatoms. The van der Waals surface area contributed by atoms with Crippen LogP contribution in [0.3, 0.4) is 0 Å². The van der Waals surface area contributed by atoms with Gasteiger partial charge in [-0.25, -0.2) is 8.42 Å². The maximum atomic E-state index is 13.0. The number of nitrogens with one attached hydrogen (secondary N) is 2. The molecule has 0 aliphatic carbocycles. The smallest absolute Gasteiger partial charge is 0.243 e. The number of carbonyl (C=O) groups excluding carboxylic acids is 1. The third-order valence-electron chi connectivity index (χ3n) is 5.62. The van der Waals surface area contributed by atoms with Gasteiger partial charge in [0.15, 0.2) is 0 Å². The number of aryl methyl sites for hydroxylation is 1. The van der Waals surface area contributed by atoms with Crippen LogP contribution in [0.15, 0.2) is 77.7 Å². The minimum atomic E-state index is -3.63. The molecule has 0 radical (unpaired) electrons. The highest BCUT2D eigenvalue weighted by atomic mass is 32.2. The lowest BCUT2D eigenvalue weighted by Crippen LogP contribution is -2.40. The van der Waals surface area contributed by atoms with Gasteiger partial charge in [0.1, 0.15) is 12.4 Å². The molecule has 0 atom stereocenters. The lowest BCUT2D eigenvalue weighted by molar-refractivity contribution is -0.114. The third kappa shape index (κ3) is 6.60. The quantitative estimate of drug-likeness (QED) is 0.471. The second kappa shape index (κ2) is 11.4. The van der Waals surface area contributed by atoms with Gasteiger partial charge in [-0.15, -0.1) is 0 Å². The Morgan fingerprint density at radius 2 is 1.66 bits per heavy atom.